The molecule has 1 heteroatoms. The van der Waals surface area contributed by atoms with E-state index in [1.54, 1.807) is 0 Å². The minimum atomic E-state index is 0.756. The van der Waals surface area contributed by atoms with Crippen LogP contribution in [0.1, 0.15) is 16.7 Å². The summed E-state index contributed by atoms with van der Waals surface area (Å²) < 4.78 is 0. The Hall–Kier alpha value is -1.50. The molecular formula is C13H17N. The average Bonchev–Trinajstić information content (AvgIpc) is 2.18. The SMILES string of the molecule is C=CCNC(=C)c1ccc(C)c(C)c1. The number of hydrogen-bond donors (Lipinski definition) is 1. The molecule has 0 aromatic heterocycles. The predicted octanol–water partition coefficient (Wildman–Crippen LogP) is 3.05. The summed E-state index contributed by atoms with van der Waals surface area (Å²) in [5, 5.41) is 3.18. The van der Waals surface area contributed by atoms with Gasteiger partial charge in [-0.15, -0.1) is 6.58 Å². The van der Waals surface area contributed by atoms with Gasteiger partial charge in [0.1, 0.15) is 0 Å². The summed E-state index contributed by atoms with van der Waals surface area (Å²) in [5.74, 6) is 0. The normalized spacial score (nSPS) is 9.57. The van der Waals surface area contributed by atoms with Gasteiger partial charge in [0.2, 0.25) is 0 Å². The van der Waals surface area contributed by atoms with Gasteiger partial charge in [-0.3, -0.25) is 0 Å². The van der Waals surface area contributed by atoms with Crippen LogP contribution in [-0.2, 0) is 0 Å². The van der Waals surface area contributed by atoms with Gasteiger partial charge in [0.05, 0.1) is 0 Å². The molecule has 0 saturated carbocycles. The quantitative estimate of drug-likeness (QED) is 0.714. The Morgan fingerprint density at radius 3 is 2.64 bits per heavy atom. The maximum Gasteiger partial charge on any atom is 0.0343 e. The van der Waals surface area contributed by atoms with Crippen molar-refractivity contribution in [3.63, 3.8) is 0 Å². The van der Waals surface area contributed by atoms with E-state index in [0.29, 0.717) is 0 Å². The highest BCUT2D eigenvalue weighted by molar-refractivity contribution is 5.62. The first-order chi connectivity index (χ1) is 6.65. The van der Waals surface area contributed by atoms with E-state index in [2.05, 4.69) is 50.5 Å². The molecule has 1 rings (SSSR count). The van der Waals surface area contributed by atoms with Crippen molar-refractivity contribution < 1.29 is 0 Å². The van der Waals surface area contributed by atoms with Crippen molar-refractivity contribution in [3.05, 3.63) is 54.1 Å². The zero-order valence-electron chi connectivity index (χ0n) is 8.93. The second kappa shape index (κ2) is 4.66. The second-order valence-electron chi connectivity index (χ2n) is 3.45. The van der Waals surface area contributed by atoms with Gasteiger partial charge in [-0.1, -0.05) is 24.8 Å². The van der Waals surface area contributed by atoms with Crippen molar-refractivity contribution in [1.82, 2.24) is 5.32 Å². The van der Waals surface area contributed by atoms with Gasteiger partial charge in [-0.05, 0) is 36.6 Å². The summed E-state index contributed by atoms with van der Waals surface area (Å²) in [5.41, 5.74) is 4.71. The van der Waals surface area contributed by atoms with Gasteiger partial charge in [-0.2, -0.15) is 0 Å². The van der Waals surface area contributed by atoms with Crippen LogP contribution in [0.2, 0.25) is 0 Å². The molecule has 0 spiro atoms. The lowest BCUT2D eigenvalue weighted by Gasteiger charge is -2.09. The van der Waals surface area contributed by atoms with Gasteiger partial charge < -0.3 is 5.32 Å². The Kier molecular flexibility index (Phi) is 3.52. The minimum Gasteiger partial charge on any atom is -0.382 e. The molecule has 0 amide bonds. The molecule has 0 radical (unpaired) electrons. The second-order valence-corrected chi connectivity index (χ2v) is 3.45. The van der Waals surface area contributed by atoms with Crippen molar-refractivity contribution in [1.29, 1.82) is 0 Å². The maximum atomic E-state index is 3.97. The van der Waals surface area contributed by atoms with E-state index in [1.165, 1.54) is 11.1 Å². The van der Waals surface area contributed by atoms with Crippen LogP contribution in [0.4, 0.5) is 0 Å². The van der Waals surface area contributed by atoms with E-state index in [1.807, 2.05) is 6.08 Å². The zero-order valence-corrected chi connectivity index (χ0v) is 8.93. The van der Waals surface area contributed by atoms with Crippen molar-refractivity contribution >= 4 is 5.70 Å². The molecule has 1 aromatic rings. The summed E-state index contributed by atoms with van der Waals surface area (Å²) in [6, 6.07) is 6.35. The molecule has 74 valence electrons. The van der Waals surface area contributed by atoms with Gasteiger partial charge >= 0.3 is 0 Å². The lowest BCUT2D eigenvalue weighted by atomic mass is 10.0. The molecule has 0 aliphatic rings. The van der Waals surface area contributed by atoms with Crippen molar-refractivity contribution in [2.45, 2.75) is 13.8 Å². The monoisotopic (exact) mass is 187 g/mol. The van der Waals surface area contributed by atoms with E-state index in [-0.39, 0.29) is 0 Å². The fourth-order valence-electron chi connectivity index (χ4n) is 1.23. The highest BCUT2D eigenvalue weighted by Crippen LogP contribution is 2.14. The number of benzene rings is 1. The van der Waals surface area contributed by atoms with Crippen LogP contribution in [0.25, 0.3) is 5.70 Å². The Balaban J connectivity index is 2.80. The van der Waals surface area contributed by atoms with Gasteiger partial charge in [0, 0.05) is 12.2 Å². The fourth-order valence-corrected chi connectivity index (χ4v) is 1.23. The van der Waals surface area contributed by atoms with E-state index in [4.69, 9.17) is 0 Å². The Morgan fingerprint density at radius 2 is 2.07 bits per heavy atom. The summed E-state index contributed by atoms with van der Waals surface area (Å²) >= 11 is 0. The molecule has 0 aliphatic carbocycles. The highest BCUT2D eigenvalue weighted by Gasteiger charge is 1.98. The molecule has 0 heterocycles. The van der Waals surface area contributed by atoms with E-state index in [0.717, 1.165) is 17.8 Å². The third kappa shape index (κ3) is 2.49. The Labute approximate surface area is 86.2 Å². The van der Waals surface area contributed by atoms with Crippen LogP contribution in [0, 0.1) is 13.8 Å². The molecule has 0 unspecified atom stereocenters. The Bertz CT molecular complexity index is 350. The summed E-state index contributed by atoms with van der Waals surface area (Å²) in [6.45, 7) is 12.6. The molecule has 1 nitrogen and oxygen atoms in total. The number of nitrogens with one attached hydrogen (secondary N) is 1. The van der Waals surface area contributed by atoms with Gasteiger partial charge in [0.15, 0.2) is 0 Å². The minimum absolute atomic E-state index is 0.756. The van der Waals surface area contributed by atoms with Crippen LogP contribution < -0.4 is 5.32 Å². The first-order valence-corrected chi connectivity index (χ1v) is 4.76. The number of hydrogen-bond acceptors (Lipinski definition) is 1. The molecule has 1 N–H and O–H groups in total. The average molecular weight is 187 g/mol. The summed E-state index contributed by atoms with van der Waals surface area (Å²) in [4.78, 5) is 0. The smallest absolute Gasteiger partial charge is 0.0343 e. The van der Waals surface area contributed by atoms with E-state index in [9.17, 15) is 0 Å². The molecular weight excluding hydrogens is 170 g/mol. The van der Waals surface area contributed by atoms with E-state index < -0.39 is 0 Å². The third-order valence-corrected chi connectivity index (χ3v) is 2.32. The molecule has 0 aliphatic heterocycles. The highest BCUT2D eigenvalue weighted by atomic mass is 14.9. The van der Waals surface area contributed by atoms with Crippen molar-refractivity contribution in [3.8, 4) is 0 Å². The van der Waals surface area contributed by atoms with Gasteiger partial charge in [-0.25, -0.2) is 0 Å². The lowest BCUT2D eigenvalue weighted by molar-refractivity contribution is 1.01. The summed E-state index contributed by atoms with van der Waals surface area (Å²) in [7, 11) is 0. The molecule has 14 heavy (non-hydrogen) atoms. The maximum absolute atomic E-state index is 3.97. The zero-order chi connectivity index (χ0) is 10.6. The summed E-state index contributed by atoms with van der Waals surface area (Å²) in [6.07, 6.45) is 1.83. The number of aryl methyl sites for hydroxylation is 2. The Morgan fingerprint density at radius 1 is 1.36 bits per heavy atom. The van der Waals surface area contributed by atoms with Crippen LogP contribution in [-0.4, -0.2) is 6.54 Å². The molecule has 0 bridgehead atoms. The molecule has 0 fully saturated rings. The van der Waals surface area contributed by atoms with Crippen LogP contribution >= 0.6 is 0 Å². The van der Waals surface area contributed by atoms with Crippen molar-refractivity contribution in [2.24, 2.45) is 0 Å². The molecule has 0 saturated heterocycles. The van der Waals surface area contributed by atoms with Crippen LogP contribution in [0.5, 0.6) is 0 Å². The van der Waals surface area contributed by atoms with Gasteiger partial charge in [0.25, 0.3) is 0 Å². The topological polar surface area (TPSA) is 12.0 Å². The third-order valence-electron chi connectivity index (χ3n) is 2.32. The largest absolute Gasteiger partial charge is 0.382 e. The first kappa shape index (κ1) is 10.6. The predicted molar refractivity (Wildman–Crippen MR) is 63.1 cm³/mol. The fraction of sp³-hybridized carbons (Fsp3) is 0.231. The molecule has 1 aromatic carbocycles. The standard InChI is InChI=1S/C13H17N/c1-5-8-14-12(4)13-7-6-10(2)11(3)9-13/h5-7,9,14H,1,4,8H2,2-3H3. The molecule has 0 atom stereocenters. The number of rotatable bonds is 4. The van der Waals surface area contributed by atoms with E-state index >= 15 is 0 Å². The van der Waals surface area contributed by atoms with Crippen LogP contribution in [0.15, 0.2) is 37.4 Å². The van der Waals surface area contributed by atoms with Crippen molar-refractivity contribution in [2.75, 3.05) is 6.54 Å². The lowest BCUT2D eigenvalue weighted by Crippen LogP contribution is -2.10. The first-order valence-electron chi connectivity index (χ1n) is 4.76. The van der Waals surface area contributed by atoms with Crippen LogP contribution in [0.3, 0.4) is 0 Å².